The zero-order valence-corrected chi connectivity index (χ0v) is 12.3. The lowest BCUT2D eigenvalue weighted by Gasteiger charge is -2.25. The van der Waals surface area contributed by atoms with Gasteiger partial charge in [0.05, 0.1) is 16.1 Å². The molecule has 1 saturated carbocycles. The summed E-state index contributed by atoms with van der Waals surface area (Å²) < 4.78 is 0. The minimum absolute atomic E-state index is 0.0411. The number of carbonyl (C=O) groups is 1. The number of aromatic carboxylic acids is 1. The summed E-state index contributed by atoms with van der Waals surface area (Å²) >= 11 is 0. The number of nitro groups is 1. The van der Waals surface area contributed by atoms with Gasteiger partial charge in [0.25, 0.3) is 5.69 Å². The summed E-state index contributed by atoms with van der Waals surface area (Å²) in [6, 6.07) is 2.66. The number of nitrogens with zero attached hydrogens (tertiary/aromatic N) is 2. The molecular formula is C15H20N2O4. The topological polar surface area (TPSA) is 83.7 Å². The molecule has 1 aromatic carbocycles. The highest BCUT2D eigenvalue weighted by atomic mass is 16.6. The minimum atomic E-state index is -1.14. The SMILES string of the molecule is Cc1c(N(C)CC2CCCC2)cc(C(=O)O)cc1[N+](=O)[O-]. The molecule has 0 unspecified atom stereocenters. The normalized spacial score (nSPS) is 15.1. The Balaban J connectivity index is 2.35. The van der Waals surface area contributed by atoms with Gasteiger partial charge in [-0.3, -0.25) is 10.1 Å². The van der Waals surface area contributed by atoms with E-state index in [1.54, 1.807) is 6.92 Å². The number of carboxylic acid groups (broad SMARTS) is 1. The van der Waals surface area contributed by atoms with Crippen molar-refractivity contribution in [1.29, 1.82) is 0 Å². The zero-order valence-electron chi connectivity index (χ0n) is 12.3. The van der Waals surface area contributed by atoms with Crippen LogP contribution in [0.25, 0.3) is 0 Å². The molecule has 1 aliphatic rings. The van der Waals surface area contributed by atoms with Crippen molar-refractivity contribution >= 4 is 17.3 Å². The Bertz CT molecular complexity index is 565. The van der Waals surface area contributed by atoms with Crippen molar-refractivity contribution in [2.24, 2.45) is 5.92 Å². The van der Waals surface area contributed by atoms with Crippen molar-refractivity contribution in [2.75, 3.05) is 18.5 Å². The second-order valence-corrected chi connectivity index (χ2v) is 5.73. The van der Waals surface area contributed by atoms with Crippen molar-refractivity contribution in [3.05, 3.63) is 33.4 Å². The summed E-state index contributed by atoms with van der Waals surface area (Å²) in [5.74, 6) is -0.560. The molecule has 0 heterocycles. The van der Waals surface area contributed by atoms with Crippen molar-refractivity contribution < 1.29 is 14.8 Å². The van der Waals surface area contributed by atoms with Gasteiger partial charge in [-0.1, -0.05) is 12.8 Å². The first kappa shape index (κ1) is 15.3. The third-order valence-corrected chi connectivity index (χ3v) is 4.21. The van der Waals surface area contributed by atoms with Gasteiger partial charge in [0.1, 0.15) is 0 Å². The molecule has 0 amide bonds. The predicted octanol–water partition coefficient (Wildman–Crippen LogP) is 3.23. The van der Waals surface area contributed by atoms with E-state index in [0.717, 1.165) is 12.6 Å². The van der Waals surface area contributed by atoms with E-state index in [1.165, 1.54) is 31.7 Å². The molecule has 0 atom stereocenters. The van der Waals surface area contributed by atoms with Gasteiger partial charge in [-0.25, -0.2) is 4.79 Å². The van der Waals surface area contributed by atoms with Crippen molar-refractivity contribution in [1.82, 2.24) is 0 Å². The third-order valence-electron chi connectivity index (χ3n) is 4.21. The van der Waals surface area contributed by atoms with E-state index in [1.807, 2.05) is 11.9 Å². The van der Waals surface area contributed by atoms with Crippen LogP contribution in [0.5, 0.6) is 0 Å². The molecule has 0 saturated heterocycles. The molecule has 0 aromatic heterocycles. The Hall–Kier alpha value is -2.11. The second kappa shape index (κ2) is 6.11. The van der Waals surface area contributed by atoms with Crippen molar-refractivity contribution in [3.63, 3.8) is 0 Å². The quantitative estimate of drug-likeness (QED) is 0.665. The summed E-state index contributed by atoms with van der Waals surface area (Å²) in [5.41, 5.74) is 0.975. The maximum Gasteiger partial charge on any atom is 0.336 e. The lowest BCUT2D eigenvalue weighted by molar-refractivity contribution is -0.385. The maximum absolute atomic E-state index is 11.2. The van der Waals surface area contributed by atoms with Crippen molar-refractivity contribution in [3.8, 4) is 0 Å². The molecule has 21 heavy (non-hydrogen) atoms. The lowest BCUT2D eigenvalue weighted by Crippen LogP contribution is -2.25. The first-order chi connectivity index (χ1) is 9.90. The number of anilines is 1. The molecule has 6 nitrogen and oxygen atoms in total. The smallest absolute Gasteiger partial charge is 0.336 e. The molecule has 0 bridgehead atoms. The molecule has 114 valence electrons. The largest absolute Gasteiger partial charge is 0.478 e. The number of nitro benzene ring substituents is 1. The van der Waals surface area contributed by atoms with Gasteiger partial charge in [0.2, 0.25) is 0 Å². The third kappa shape index (κ3) is 3.32. The van der Waals surface area contributed by atoms with Gasteiger partial charge in [-0.15, -0.1) is 0 Å². The molecule has 1 fully saturated rings. The van der Waals surface area contributed by atoms with E-state index >= 15 is 0 Å². The summed E-state index contributed by atoms with van der Waals surface area (Å²) in [6.07, 6.45) is 4.80. The van der Waals surface area contributed by atoms with Crippen molar-refractivity contribution in [2.45, 2.75) is 32.6 Å². The molecule has 2 rings (SSSR count). The highest BCUT2D eigenvalue weighted by Crippen LogP contribution is 2.32. The Morgan fingerprint density at radius 2 is 2.05 bits per heavy atom. The number of carboxylic acids is 1. The standard InChI is InChI=1S/C15H20N2O4/c1-10-13(16(2)9-11-5-3-4-6-11)7-12(15(18)19)8-14(10)17(20)21/h7-8,11H,3-6,9H2,1-2H3,(H,18,19). The van der Waals surface area contributed by atoms with E-state index in [4.69, 9.17) is 5.11 Å². The summed E-state index contributed by atoms with van der Waals surface area (Å²) in [7, 11) is 1.87. The van der Waals surface area contributed by atoms with E-state index in [9.17, 15) is 14.9 Å². The van der Waals surface area contributed by atoms with Gasteiger partial charge in [-0.2, -0.15) is 0 Å². The highest BCUT2D eigenvalue weighted by Gasteiger charge is 2.23. The first-order valence-electron chi connectivity index (χ1n) is 7.13. The fraction of sp³-hybridized carbons (Fsp3) is 0.533. The van der Waals surface area contributed by atoms with Crippen LogP contribution in [-0.2, 0) is 0 Å². The Morgan fingerprint density at radius 1 is 1.43 bits per heavy atom. The van der Waals surface area contributed by atoms with E-state index in [-0.39, 0.29) is 11.3 Å². The van der Waals surface area contributed by atoms with Gasteiger partial charge in [0, 0.05) is 25.3 Å². The van der Waals surface area contributed by atoms with Gasteiger partial charge in [-0.05, 0) is 31.7 Å². The van der Waals surface area contributed by atoms with Gasteiger partial charge >= 0.3 is 5.97 Å². The Morgan fingerprint density at radius 3 is 2.57 bits per heavy atom. The Kier molecular flexibility index (Phi) is 4.45. The fourth-order valence-electron chi connectivity index (χ4n) is 3.07. The first-order valence-corrected chi connectivity index (χ1v) is 7.13. The van der Waals surface area contributed by atoms with E-state index < -0.39 is 10.9 Å². The Labute approximate surface area is 123 Å². The summed E-state index contributed by atoms with van der Waals surface area (Å²) in [5, 5.41) is 20.2. The average Bonchev–Trinajstić information content (AvgIpc) is 2.90. The molecular weight excluding hydrogens is 272 g/mol. The minimum Gasteiger partial charge on any atom is -0.478 e. The molecule has 0 spiro atoms. The van der Waals surface area contributed by atoms with Gasteiger partial charge in [0.15, 0.2) is 0 Å². The van der Waals surface area contributed by atoms with Gasteiger partial charge < -0.3 is 10.0 Å². The van der Waals surface area contributed by atoms with Crippen LogP contribution < -0.4 is 4.90 Å². The van der Waals surface area contributed by atoms with Crippen LogP contribution in [0, 0.1) is 23.0 Å². The van der Waals surface area contributed by atoms with Crippen LogP contribution in [0.1, 0.15) is 41.6 Å². The van der Waals surface area contributed by atoms with E-state index in [2.05, 4.69) is 0 Å². The predicted molar refractivity (Wildman–Crippen MR) is 80.0 cm³/mol. The number of hydrogen-bond donors (Lipinski definition) is 1. The van der Waals surface area contributed by atoms with Crippen LogP contribution in [0.4, 0.5) is 11.4 Å². The van der Waals surface area contributed by atoms with E-state index in [0.29, 0.717) is 17.2 Å². The number of rotatable bonds is 5. The molecule has 0 aliphatic heterocycles. The van der Waals surface area contributed by atoms with Crippen LogP contribution in [0.2, 0.25) is 0 Å². The second-order valence-electron chi connectivity index (χ2n) is 5.73. The fourth-order valence-corrected chi connectivity index (χ4v) is 3.07. The van der Waals surface area contributed by atoms with Crippen LogP contribution in [0.3, 0.4) is 0 Å². The number of hydrogen-bond acceptors (Lipinski definition) is 4. The van der Waals surface area contributed by atoms with Crippen LogP contribution in [0.15, 0.2) is 12.1 Å². The van der Waals surface area contributed by atoms with Crippen LogP contribution >= 0.6 is 0 Å². The number of benzene rings is 1. The molecule has 0 radical (unpaired) electrons. The molecule has 6 heteroatoms. The summed E-state index contributed by atoms with van der Waals surface area (Å²) in [4.78, 5) is 23.7. The maximum atomic E-state index is 11.2. The molecule has 1 N–H and O–H groups in total. The monoisotopic (exact) mass is 292 g/mol. The molecule has 1 aliphatic carbocycles. The zero-order chi connectivity index (χ0) is 15.6. The molecule has 1 aromatic rings. The summed E-state index contributed by atoms with van der Waals surface area (Å²) in [6.45, 7) is 2.48. The average molecular weight is 292 g/mol. The highest BCUT2D eigenvalue weighted by molar-refractivity contribution is 5.90. The lowest BCUT2D eigenvalue weighted by atomic mass is 10.0. The van der Waals surface area contributed by atoms with Crippen LogP contribution in [-0.4, -0.2) is 29.6 Å².